The summed E-state index contributed by atoms with van der Waals surface area (Å²) in [7, 11) is -0.434. The molecule has 1 unspecified atom stereocenters. The first kappa shape index (κ1) is 12.8. The molecule has 0 N–H and O–H groups in total. The van der Waals surface area contributed by atoms with E-state index in [1.54, 1.807) is 12.1 Å². The zero-order valence-electron chi connectivity index (χ0n) is 10.5. The molecule has 0 fully saturated rings. The van der Waals surface area contributed by atoms with Crippen LogP contribution in [-0.2, 0) is 9.31 Å². The minimum atomic E-state index is -4.25. The molecule has 1 heterocycles. The molecule has 0 radical (unpaired) electrons. The molecule has 0 saturated heterocycles. The van der Waals surface area contributed by atoms with E-state index in [1.165, 1.54) is 6.92 Å². The van der Waals surface area contributed by atoms with Crippen LogP contribution in [0.2, 0.25) is 0 Å². The first-order valence-electron chi connectivity index (χ1n) is 5.65. The highest BCUT2D eigenvalue weighted by molar-refractivity contribution is 6.53. The molecule has 6 heteroatoms. The lowest BCUT2D eigenvalue weighted by molar-refractivity contribution is 0.0905. The van der Waals surface area contributed by atoms with Gasteiger partial charge in [-0.1, -0.05) is 0 Å². The predicted octanol–water partition coefficient (Wildman–Crippen LogP) is 2.71. The molecule has 3 nitrogen and oxygen atoms in total. The molecule has 2 rings (SSSR count). The van der Waals surface area contributed by atoms with Gasteiger partial charge in [-0.25, -0.2) is 0 Å². The summed E-state index contributed by atoms with van der Waals surface area (Å²) < 4.78 is 35.2. The van der Waals surface area contributed by atoms with Crippen LogP contribution in [-0.4, -0.2) is 27.3 Å². The van der Waals surface area contributed by atoms with Crippen LogP contribution in [0.25, 0.3) is 5.76 Å². The highest BCUT2D eigenvalue weighted by atomic mass is 19.3. The summed E-state index contributed by atoms with van der Waals surface area (Å²) in [6.45, 7) is 1.51. The van der Waals surface area contributed by atoms with Crippen LogP contribution in [0, 0.1) is 6.08 Å². The summed E-state index contributed by atoms with van der Waals surface area (Å²) in [5.74, 6) is 0.0454. The lowest BCUT2D eigenvalue weighted by Crippen LogP contribution is -2.38. The number of anilines is 1. The Kier molecular flexibility index (Phi) is 3.24. The molecular weight excluding hydrogens is 239 g/mol. The van der Waals surface area contributed by atoms with E-state index in [4.69, 9.17) is 0 Å². The van der Waals surface area contributed by atoms with E-state index in [9.17, 15) is 8.63 Å². The van der Waals surface area contributed by atoms with Crippen molar-refractivity contribution in [3.63, 3.8) is 0 Å². The van der Waals surface area contributed by atoms with E-state index in [0.717, 1.165) is 5.69 Å². The fourth-order valence-corrected chi connectivity index (χ4v) is 1.72. The van der Waals surface area contributed by atoms with Crippen LogP contribution >= 0.6 is 0 Å². The van der Waals surface area contributed by atoms with E-state index in [2.05, 4.69) is 15.4 Å². The summed E-state index contributed by atoms with van der Waals surface area (Å²) in [5, 5.41) is 0. The Morgan fingerprint density at radius 3 is 2.33 bits per heavy atom. The highest BCUT2D eigenvalue weighted by Gasteiger charge is 2.41. The minimum absolute atomic E-state index is 0.0454. The number of hydrogen-bond donors (Lipinski definition) is 0. The quantitative estimate of drug-likeness (QED) is 0.597. The zero-order chi connectivity index (χ0) is 13.3. The largest absolute Gasteiger partial charge is 0.668 e. The van der Waals surface area contributed by atoms with Crippen LogP contribution in [0.3, 0.4) is 0 Å². The first-order chi connectivity index (χ1) is 8.37. The van der Waals surface area contributed by atoms with Crippen molar-refractivity contribution in [2.24, 2.45) is 0 Å². The van der Waals surface area contributed by atoms with Crippen molar-refractivity contribution < 1.29 is 17.9 Å². The lowest BCUT2D eigenvalue weighted by Gasteiger charge is -2.29. The lowest BCUT2D eigenvalue weighted by atomic mass is 10.1. The van der Waals surface area contributed by atoms with Crippen LogP contribution in [0.5, 0.6) is 0 Å². The average Bonchev–Trinajstić information content (AvgIpc) is 2.26. The van der Waals surface area contributed by atoms with Gasteiger partial charge in [-0.15, -0.1) is 0 Å². The van der Waals surface area contributed by atoms with Crippen molar-refractivity contribution in [2.75, 3.05) is 19.0 Å². The Balaban J connectivity index is 2.26. The van der Waals surface area contributed by atoms with Gasteiger partial charge in [-0.3, -0.25) is 0 Å². The van der Waals surface area contributed by atoms with Gasteiger partial charge in [0.25, 0.3) is 0 Å². The van der Waals surface area contributed by atoms with E-state index in [-0.39, 0.29) is 5.76 Å². The number of benzene rings is 1. The van der Waals surface area contributed by atoms with Crippen molar-refractivity contribution in [3.8, 4) is 0 Å². The summed E-state index contributed by atoms with van der Waals surface area (Å²) in [4.78, 5) is 1.92. The van der Waals surface area contributed by atoms with Crippen LogP contribution in [0.4, 0.5) is 14.3 Å². The average molecular weight is 253 g/mol. The number of hydrogen-bond acceptors (Lipinski definition) is 3. The summed E-state index contributed by atoms with van der Waals surface area (Å²) in [6, 6.07) is 7.11. The van der Waals surface area contributed by atoms with Gasteiger partial charge in [-0.2, -0.15) is 0 Å². The second-order valence-electron chi connectivity index (χ2n) is 4.35. The number of nitrogens with zero attached hydrogens (tertiary/aromatic N) is 1. The van der Waals surface area contributed by atoms with E-state index < -0.39 is 13.2 Å². The monoisotopic (exact) mass is 253 g/mol. The molecule has 0 aromatic heterocycles. The molecule has 0 bridgehead atoms. The minimum Gasteiger partial charge on any atom is -0.601 e. The zero-order valence-corrected chi connectivity index (χ0v) is 10.5. The van der Waals surface area contributed by atoms with E-state index in [0.29, 0.717) is 5.56 Å². The van der Waals surface area contributed by atoms with Crippen molar-refractivity contribution in [3.05, 3.63) is 35.9 Å². The molecule has 0 saturated carbocycles. The topological polar surface area (TPSA) is 21.7 Å². The first-order valence-corrected chi connectivity index (χ1v) is 5.65. The van der Waals surface area contributed by atoms with Gasteiger partial charge < -0.3 is 22.8 Å². The molecular formula is C12H14BF2NO2. The van der Waals surface area contributed by atoms with Crippen LogP contribution in [0.15, 0.2) is 24.3 Å². The second-order valence-corrected chi connectivity index (χ2v) is 4.35. The van der Waals surface area contributed by atoms with Crippen LogP contribution in [0.1, 0.15) is 12.5 Å². The molecule has 0 spiro atoms. The van der Waals surface area contributed by atoms with Gasteiger partial charge in [0, 0.05) is 31.9 Å². The maximum atomic E-state index is 13.1. The molecule has 18 heavy (non-hydrogen) atoms. The maximum Gasteiger partial charge on any atom is 0.668 e. The molecule has 1 aliphatic heterocycles. The fraction of sp³-hybridized carbons (Fsp3) is 0.333. The molecule has 96 valence electrons. The molecule has 0 amide bonds. The summed E-state index contributed by atoms with van der Waals surface area (Å²) in [5.41, 5.74) is 1.55. The Morgan fingerprint density at radius 2 is 1.83 bits per heavy atom. The van der Waals surface area contributed by atoms with Crippen molar-refractivity contribution >= 4 is 18.6 Å². The summed E-state index contributed by atoms with van der Waals surface area (Å²) >= 11 is 0. The number of halogens is 2. The fourth-order valence-electron chi connectivity index (χ4n) is 1.72. The molecule has 1 aliphatic rings. The van der Waals surface area contributed by atoms with Gasteiger partial charge in [0.1, 0.15) is 6.08 Å². The Morgan fingerprint density at radius 1 is 1.22 bits per heavy atom. The number of rotatable bonds is 2. The Bertz CT molecular complexity index is 460. The van der Waals surface area contributed by atoms with E-state index >= 15 is 0 Å². The molecule has 1 aromatic rings. The molecule has 1 atom stereocenters. The summed E-state index contributed by atoms with van der Waals surface area (Å²) in [6.07, 6.45) is 1.95. The van der Waals surface area contributed by atoms with Crippen LogP contribution < -0.4 is 4.90 Å². The Labute approximate surface area is 105 Å². The van der Waals surface area contributed by atoms with Gasteiger partial charge >= 0.3 is 12.9 Å². The molecule has 0 aliphatic carbocycles. The van der Waals surface area contributed by atoms with Gasteiger partial charge in [0.2, 0.25) is 0 Å². The van der Waals surface area contributed by atoms with Crippen molar-refractivity contribution in [1.29, 1.82) is 0 Å². The highest BCUT2D eigenvalue weighted by Crippen LogP contribution is 2.30. The maximum absolute atomic E-state index is 13.1. The van der Waals surface area contributed by atoms with E-state index in [1.807, 2.05) is 31.1 Å². The van der Waals surface area contributed by atoms with Gasteiger partial charge in [-0.05, 0) is 19.1 Å². The third-order valence-electron chi connectivity index (χ3n) is 2.60. The van der Waals surface area contributed by atoms with Crippen molar-refractivity contribution in [2.45, 2.75) is 13.0 Å². The smallest absolute Gasteiger partial charge is 0.601 e. The molecule has 1 aromatic carbocycles. The van der Waals surface area contributed by atoms with Crippen molar-refractivity contribution in [1.82, 2.24) is 0 Å². The van der Waals surface area contributed by atoms with Gasteiger partial charge in [0.05, 0.1) is 0 Å². The predicted molar refractivity (Wildman–Crippen MR) is 67.0 cm³/mol. The second kappa shape index (κ2) is 4.56. The third-order valence-corrected chi connectivity index (χ3v) is 2.60. The normalized spacial score (nSPS) is 21.6. The van der Waals surface area contributed by atoms with Gasteiger partial charge in [0.15, 0.2) is 11.7 Å². The SMILES string of the molecule is CC1[C+]=C(c2ccc(N(C)C)cc2)O[B-](F)(F)O1. The third kappa shape index (κ3) is 2.78. The Hall–Kier alpha value is -1.65. The standard InChI is InChI=1S/C12H14BF2NO2/c1-9-8-12(18-13(14,15)17-9)10-4-6-11(7-5-10)16(2)3/h4-7,9H,1-3H3.